The third-order valence-electron chi connectivity index (χ3n) is 4.60. The van der Waals surface area contributed by atoms with Crippen molar-refractivity contribution >= 4 is 29.7 Å². The third-order valence-corrected chi connectivity index (χ3v) is 5.82. The van der Waals surface area contributed by atoms with Crippen LogP contribution in [-0.4, -0.2) is 57.4 Å². The standard InChI is InChI=1S/C22H24N2O7S/c1-12-8-23-6-5-18(12)16-7-17(10-24-9-16)31-22-21(30-15(4)27)20(29-14(3)26)19(11-32-22)28-13(2)25/h5-10,19-22H,11H2,1-4H3/t19-,20+,21-,22?/m1/s1. The summed E-state index contributed by atoms with van der Waals surface area (Å²) in [5.41, 5.74) is 2.06. The van der Waals surface area contributed by atoms with E-state index in [1.54, 1.807) is 24.8 Å². The first-order valence-corrected chi connectivity index (χ1v) is 11.0. The van der Waals surface area contributed by atoms with Crippen molar-refractivity contribution in [2.24, 2.45) is 0 Å². The fraction of sp³-hybridized carbons (Fsp3) is 0.409. The van der Waals surface area contributed by atoms with Gasteiger partial charge in [-0.2, -0.15) is 0 Å². The second kappa shape index (κ2) is 10.4. The minimum Gasteiger partial charge on any atom is -0.474 e. The van der Waals surface area contributed by atoms with Crippen molar-refractivity contribution in [1.82, 2.24) is 9.97 Å². The Kier molecular flexibility index (Phi) is 7.68. The van der Waals surface area contributed by atoms with E-state index >= 15 is 0 Å². The van der Waals surface area contributed by atoms with Gasteiger partial charge in [0.15, 0.2) is 23.7 Å². The quantitative estimate of drug-likeness (QED) is 0.471. The highest BCUT2D eigenvalue weighted by molar-refractivity contribution is 7.99. The molecule has 2 aromatic rings. The SMILES string of the molecule is CC(=O)O[C@H]1[C@H](OC(C)=O)CSC(Oc2cncc(-c3ccncc3C)c2)[C@@H]1OC(C)=O. The molecule has 1 unspecified atom stereocenters. The summed E-state index contributed by atoms with van der Waals surface area (Å²) in [6, 6.07) is 3.70. The average molecular weight is 461 g/mol. The molecular weight excluding hydrogens is 436 g/mol. The topological polar surface area (TPSA) is 114 Å². The van der Waals surface area contributed by atoms with Gasteiger partial charge in [0.2, 0.25) is 0 Å². The molecule has 3 rings (SSSR count). The van der Waals surface area contributed by atoms with Crippen molar-refractivity contribution < 1.29 is 33.3 Å². The van der Waals surface area contributed by atoms with Gasteiger partial charge in [-0.1, -0.05) is 0 Å². The number of hydrogen-bond acceptors (Lipinski definition) is 10. The number of ether oxygens (including phenoxy) is 4. The number of aryl methyl sites for hydroxylation is 1. The molecule has 0 saturated carbocycles. The number of carbonyl (C=O) groups is 3. The summed E-state index contributed by atoms with van der Waals surface area (Å²) in [5.74, 6) is -0.966. The number of hydrogen-bond donors (Lipinski definition) is 0. The van der Waals surface area contributed by atoms with Crippen LogP contribution in [0.2, 0.25) is 0 Å². The predicted molar refractivity (Wildman–Crippen MR) is 116 cm³/mol. The van der Waals surface area contributed by atoms with Gasteiger partial charge in [0.1, 0.15) is 5.75 Å². The monoisotopic (exact) mass is 460 g/mol. The highest BCUT2D eigenvalue weighted by Gasteiger charge is 2.47. The summed E-state index contributed by atoms with van der Waals surface area (Å²) in [6.45, 7) is 5.69. The van der Waals surface area contributed by atoms with Crippen LogP contribution < -0.4 is 4.74 Å². The summed E-state index contributed by atoms with van der Waals surface area (Å²) in [7, 11) is 0. The summed E-state index contributed by atoms with van der Waals surface area (Å²) >= 11 is 1.29. The van der Waals surface area contributed by atoms with Gasteiger partial charge in [-0.25, -0.2) is 0 Å². The number of nitrogens with zero attached hydrogens (tertiary/aromatic N) is 2. The van der Waals surface area contributed by atoms with Gasteiger partial charge in [0.25, 0.3) is 0 Å². The van der Waals surface area contributed by atoms with Crippen LogP contribution in [0.25, 0.3) is 11.1 Å². The summed E-state index contributed by atoms with van der Waals surface area (Å²) in [5, 5.41) is 0. The van der Waals surface area contributed by atoms with Crippen LogP contribution in [0.3, 0.4) is 0 Å². The number of aromatic nitrogens is 2. The lowest BCUT2D eigenvalue weighted by Crippen LogP contribution is -2.55. The number of thioether (sulfide) groups is 1. The molecule has 0 amide bonds. The van der Waals surface area contributed by atoms with Gasteiger partial charge in [0, 0.05) is 50.7 Å². The lowest BCUT2D eigenvalue weighted by molar-refractivity contribution is -0.186. The molecule has 0 N–H and O–H groups in total. The van der Waals surface area contributed by atoms with E-state index in [1.807, 2.05) is 19.1 Å². The van der Waals surface area contributed by atoms with Gasteiger partial charge in [-0.15, -0.1) is 11.8 Å². The summed E-state index contributed by atoms with van der Waals surface area (Å²) < 4.78 is 22.3. The van der Waals surface area contributed by atoms with Crippen molar-refractivity contribution in [1.29, 1.82) is 0 Å². The zero-order chi connectivity index (χ0) is 23.3. The van der Waals surface area contributed by atoms with Crippen LogP contribution in [-0.2, 0) is 28.6 Å². The first-order chi connectivity index (χ1) is 15.2. The van der Waals surface area contributed by atoms with E-state index in [9.17, 15) is 14.4 Å². The Labute approximate surface area is 189 Å². The van der Waals surface area contributed by atoms with E-state index in [4.69, 9.17) is 18.9 Å². The number of pyridine rings is 2. The molecule has 2 aromatic heterocycles. The van der Waals surface area contributed by atoms with E-state index in [-0.39, 0.29) is 5.75 Å². The minimum absolute atomic E-state index is 0.288. The number of esters is 3. The van der Waals surface area contributed by atoms with E-state index in [1.165, 1.54) is 32.5 Å². The van der Waals surface area contributed by atoms with Gasteiger partial charge in [-0.05, 0) is 30.2 Å². The predicted octanol–water partition coefficient (Wildman–Crippen LogP) is 2.70. The van der Waals surface area contributed by atoms with Crippen molar-refractivity contribution in [3.8, 4) is 16.9 Å². The maximum atomic E-state index is 11.8. The zero-order valence-electron chi connectivity index (χ0n) is 18.1. The Bertz CT molecular complexity index is 1000. The van der Waals surface area contributed by atoms with E-state index in [0.29, 0.717) is 5.75 Å². The Morgan fingerprint density at radius 1 is 0.938 bits per heavy atom. The lowest BCUT2D eigenvalue weighted by Gasteiger charge is -2.39. The van der Waals surface area contributed by atoms with Crippen molar-refractivity contribution in [2.75, 3.05) is 5.75 Å². The highest BCUT2D eigenvalue weighted by atomic mass is 32.2. The molecule has 1 aliphatic rings. The van der Waals surface area contributed by atoms with Crippen LogP contribution in [0, 0.1) is 6.92 Å². The lowest BCUT2D eigenvalue weighted by atomic mass is 10.0. The Morgan fingerprint density at radius 3 is 2.28 bits per heavy atom. The second-order valence-electron chi connectivity index (χ2n) is 7.22. The Morgan fingerprint density at radius 2 is 1.62 bits per heavy atom. The smallest absolute Gasteiger partial charge is 0.303 e. The molecule has 4 atom stereocenters. The zero-order valence-corrected chi connectivity index (χ0v) is 19.0. The fourth-order valence-electron chi connectivity index (χ4n) is 3.37. The van der Waals surface area contributed by atoms with Crippen LogP contribution in [0.5, 0.6) is 5.75 Å². The van der Waals surface area contributed by atoms with Crippen LogP contribution >= 0.6 is 11.8 Å². The molecule has 0 aliphatic carbocycles. The molecule has 170 valence electrons. The number of rotatable bonds is 6. The van der Waals surface area contributed by atoms with Crippen molar-refractivity contribution in [2.45, 2.75) is 51.4 Å². The van der Waals surface area contributed by atoms with Crippen LogP contribution in [0.1, 0.15) is 26.3 Å². The normalized spacial score (nSPS) is 22.5. The van der Waals surface area contributed by atoms with Gasteiger partial charge >= 0.3 is 17.9 Å². The molecule has 10 heteroatoms. The fourth-order valence-corrected chi connectivity index (χ4v) is 4.59. The first-order valence-electron chi connectivity index (χ1n) is 9.90. The molecular formula is C22H24N2O7S. The molecule has 3 heterocycles. The molecule has 1 aliphatic heterocycles. The Hall–Kier alpha value is -3.14. The molecule has 0 bridgehead atoms. The summed E-state index contributed by atoms with van der Waals surface area (Å²) in [6.07, 6.45) is 3.93. The molecule has 0 aromatic carbocycles. The van der Waals surface area contributed by atoms with Crippen molar-refractivity contribution in [3.63, 3.8) is 0 Å². The van der Waals surface area contributed by atoms with Gasteiger partial charge in [0.05, 0.1) is 6.20 Å². The molecule has 1 saturated heterocycles. The Balaban J connectivity index is 1.88. The first kappa shape index (κ1) is 23.5. The highest BCUT2D eigenvalue weighted by Crippen LogP contribution is 2.35. The summed E-state index contributed by atoms with van der Waals surface area (Å²) in [4.78, 5) is 43.4. The molecule has 0 radical (unpaired) electrons. The maximum absolute atomic E-state index is 11.8. The van der Waals surface area contributed by atoms with Gasteiger partial charge in [-0.3, -0.25) is 24.4 Å². The van der Waals surface area contributed by atoms with E-state index < -0.39 is 41.7 Å². The second-order valence-corrected chi connectivity index (χ2v) is 8.35. The number of carbonyl (C=O) groups excluding carboxylic acids is 3. The van der Waals surface area contributed by atoms with Crippen molar-refractivity contribution in [3.05, 3.63) is 42.5 Å². The largest absolute Gasteiger partial charge is 0.474 e. The van der Waals surface area contributed by atoms with E-state index in [2.05, 4.69) is 9.97 Å². The van der Waals surface area contributed by atoms with Gasteiger partial charge < -0.3 is 18.9 Å². The molecule has 32 heavy (non-hydrogen) atoms. The molecule has 1 fully saturated rings. The maximum Gasteiger partial charge on any atom is 0.303 e. The van der Waals surface area contributed by atoms with Crippen LogP contribution in [0.4, 0.5) is 0 Å². The molecule has 9 nitrogen and oxygen atoms in total. The van der Waals surface area contributed by atoms with Crippen LogP contribution in [0.15, 0.2) is 36.9 Å². The minimum atomic E-state index is -1.01. The molecule has 0 spiro atoms. The average Bonchev–Trinajstić information content (AvgIpc) is 2.72. The third kappa shape index (κ3) is 5.97. The van der Waals surface area contributed by atoms with E-state index in [0.717, 1.165) is 16.7 Å².